The second-order valence-electron chi connectivity index (χ2n) is 5.74. The highest BCUT2D eigenvalue weighted by molar-refractivity contribution is 5.87. The molecule has 0 heterocycles. The lowest BCUT2D eigenvalue weighted by Crippen LogP contribution is -2.28. The third kappa shape index (κ3) is 6.69. The van der Waals surface area contributed by atoms with Gasteiger partial charge in [-0.15, -0.1) is 0 Å². The van der Waals surface area contributed by atoms with Gasteiger partial charge in [0.15, 0.2) is 0 Å². The summed E-state index contributed by atoms with van der Waals surface area (Å²) in [6.45, 7) is 4.77. The molecule has 9 nitrogen and oxygen atoms in total. The van der Waals surface area contributed by atoms with E-state index in [1.54, 1.807) is 50.6 Å². The number of hydrogen-bond donors (Lipinski definition) is 2. The third-order valence-corrected chi connectivity index (χ3v) is 3.77. The Hall–Kier alpha value is -3.75. The molecule has 0 saturated carbocycles. The number of hydrazone groups is 2. The van der Waals surface area contributed by atoms with Crippen molar-refractivity contribution in [1.82, 2.24) is 10.9 Å². The summed E-state index contributed by atoms with van der Waals surface area (Å²) in [7, 11) is 3.14. The topological polar surface area (TPSA) is 103 Å². The summed E-state index contributed by atoms with van der Waals surface area (Å²) in [5.41, 5.74) is 6.01. The molecule has 0 unspecified atom stereocenters. The number of benzene rings is 2. The van der Waals surface area contributed by atoms with Gasteiger partial charge in [0.2, 0.25) is 0 Å². The minimum atomic E-state index is -0.607. The number of carbonyl (C=O) groups is 1. The Morgan fingerprint density at radius 2 is 1.27 bits per heavy atom. The van der Waals surface area contributed by atoms with Gasteiger partial charge in [-0.25, -0.2) is 15.6 Å². The molecule has 0 radical (unpaired) electrons. The molecular weight excluding hydrogens is 388 g/mol. The Bertz CT molecular complexity index is 827. The van der Waals surface area contributed by atoms with E-state index in [2.05, 4.69) is 21.1 Å². The van der Waals surface area contributed by atoms with E-state index in [0.717, 1.165) is 0 Å². The van der Waals surface area contributed by atoms with Crippen molar-refractivity contribution in [2.24, 2.45) is 10.2 Å². The number of hydrogen-bond acceptors (Lipinski definition) is 7. The van der Waals surface area contributed by atoms with Crippen LogP contribution < -0.4 is 29.8 Å². The maximum absolute atomic E-state index is 11.9. The van der Waals surface area contributed by atoms with Crippen LogP contribution in [0.25, 0.3) is 0 Å². The van der Waals surface area contributed by atoms with Crippen molar-refractivity contribution in [2.45, 2.75) is 13.8 Å². The molecule has 0 atom stereocenters. The number of nitrogens with one attached hydrogen (secondary N) is 2. The first kappa shape index (κ1) is 22.5. The fourth-order valence-electron chi connectivity index (χ4n) is 2.43. The Kier molecular flexibility index (Phi) is 8.98. The average molecular weight is 414 g/mol. The van der Waals surface area contributed by atoms with Crippen molar-refractivity contribution >= 4 is 18.5 Å². The van der Waals surface area contributed by atoms with E-state index in [-0.39, 0.29) is 0 Å². The number of carbonyl (C=O) groups excluding carboxylic acids is 1. The van der Waals surface area contributed by atoms with Crippen LogP contribution in [0.2, 0.25) is 0 Å². The van der Waals surface area contributed by atoms with E-state index in [1.807, 2.05) is 13.8 Å². The van der Waals surface area contributed by atoms with Gasteiger partial charge in [-0.2, -0.15) is 10.2 Å². The van der Waals surface area contributed by atoms with E-state index >= 15 is 0 Å². The fraction of sp³-hybridized carbons (Fsp3) is 0.286. The van der Waals surface area contributed by atoms with Crippen LogP contribution in [-0.2, 0) is 0 Å². The van der Waals surface area contributed by atoms with E-state index < -0.39 is 6.03 Å². The predicted molar refractivity (Wildman–Crippen MR) is 115 cm³/mol. The fourth-order valence-corrected chi connectivity index (χ4v) is 2.43. The average Bonchev–Trinajstić information content (AvgIpc) is 2.76. The molecule has 2 aromatic rings. The Morgan fingerprint density at radius 3 is 1.63 bits per heavy atom. The molecule has 0 aliphatic rings. The maximum atomic E-state index is 11.9. The molecule has 2 N–H and O–H groups in total. The van der Waals surface area contributed by atoms with Crippen LogP contribution in [0.1, 0.15) is 25.0 Å². The zero-order valence-electron chi connectivity index (χ0n) is 17.5. The van der Waals surface area contributed by atoms with Gasteiger partial charge in [0, 0.05) is 11.1 Å². The SMILES string of the molecule is CCOc1ccc(OC)cc1/C=N\NC(=O)N/N=C\c1cc(OC)ccc1OCC. The largest absolute Gasteiger partial charge is 0.497 e. The summed E-state index contributed by atoms with van der Waals surface area (Å²) in [6, 6.07) is 10.0. The molecule has 0 bridgehead atoms. The minimum Gasteiger partial charge on any atom is -0.497 e. The molecule has 0 aliphatic carbocycles. The summed E-state index contributed by atoms with van der Waals surface area (Å²) >= 11 is 0. The Morgan fingerprint density at radius 1 is 0.833 bits per heavy atom. The number of amides is 2. The summed E-state index contributed by atoms with van der Waals surface area (Å²) < 4.78 is 21.5. The number of methoxy groups -OCH3 is 2. The minimum absolute atomic E-state index is 0.504. The van der Waals surface area contributed by atoms with E-state index in [1.165, 1.54) is 12.4 Å². The Labute approximate surface area is 175 Å². The number of nitrogens with zero attached hydrogens (tertiary/aromatic N) is 2. The standard InChI is InChI=1S/C21H26N4O5/c1-5-29-19-9-7-17(27-3)11-15(19)13-22-24-21(26)25-23-14-16-12-18(28-4)8-10-20(16)30-6-2/h7-14H,5-6H2,1-4H3,(H2,24,25,26)/b22-13-,23-14-. The zero-order valence-corrected chi connectivity index (χ0v) is 17.5. The van der Waals surface area contributed by atoms with Crippen LogP contribution in [0.3, 0.4) is 0 Å². The molecule has 0 aliphatic heterocycles. The first-order chi connectivity index (χ1) is 14.6. The highest BCUT2D eigenvalue weighted by Gasteiger charge is 2.05. The molecule has 2 aromatic carbocycles. The molecule has 0 aromatic heterocycles. The predicted octanol–water partition coefficient (Wildman–Crippen LogP) is 3.17. The van der Waals surface area contributed by atoms with Crippen molar-refractivity contribution in [3.05, 3.63) is 47.5 Å². The number of urea groups is 1. The summed E-state index contributed by atoms with van der Waals surface area (Å²) in [5.74, 6) is 2.56. The molecular formula is C21H26N4O5. The molecule has 0 saturated heterocycles. The Balaban J connectivity index is 1.99. The first-order valence-corrected chi connectivity index (χ1v) is 9.35. The van der Waals surface area contributed by atoms with Crippen molar-refractivity contribution in [2.75, 3.05) is 27.4 Å². The zero-order chi connectivity index (χ0) is 21.8. The molecule has 9 heteroatoms. The van der Waals surface area contributed by atoms with Crippen LogP contribution in [0.15, 0.2) is 46.6 Å². The highest BCUT2D eigenvalue weighted by Crippen LogP contribution is 2.23. The summed E-state index contributed by atoms with van der Waals surface area (Å²) in [5, 5.41) is 7.84. The number of ether oxygens (including phenoxy) is 4. The lowest BCUT2D eigenvalue weighted by molar-refractivity contribution is 0.242. The maximum Gasteiger partial charge on any atom is 0.355 e. The second-order valence-corrected chi connectivity index (χ2v) is 5.74. The normalized spacial score (nSPS) is 10.8. The molecule has 30 heavy (non-hydrogen) atoms. The van der Waals surface area contributed by atoms with Gasteiger partial charge in [0.1, 0.15) is 23.0 Å². The molecule has 0 fully saturated rings. The molecule has 0 spiro atoms. The van der Waals surface area contributed by atoms with E-state index in [0.29, 0.717) is 47.3 Å². The molecule has 160 valence electrons. The third-order valence-electron chi connectivity index (χ3n) is 3.77. The van der Waals surface area contributed by atoms with E-state index in [9.17, 15) is 4.79 Å². The second kappa shape index (κ2) is 11.9. The van der Waals surface area contributed by atoms with Crippen molar-refractivity contribution in [1.29, 1.82) is 0 Å². The van der Waals surface area contributed by atoms with Gasteiger partial charge in [0.05, 0.1) is 39.9 Å². The van der Waals surface area contributed by atoms with Crippen LogP contribution in [-0.4, -0.2) is 45.9 Å². The van der Waals surface area contributed by atoms with Crippen molar-refractivity contribution in [3.63, 3.8) is 0 Å². The first-order valence-electron chi connectivity index (χ1n) is 9.35. The van der Waals surface area contributed by atoms with Gasteiger partial charge < -0.3 is 18.9 Å². The van der Waals surface area contributed by atoms with Gasteiger partial charge in [-0.3, -0.25) is 0 Å². The van der Waals surface area contributed by atoms with Crippen LogP contribution >= 0.6 is 0 Å². The lowest BCUT2D eigenvalue weighted by atomic mass is 10.2. The monoisotopic (exact) mass is 414 g/mol. The van der Waals surface area contributed by atoms with Gasteiger partial charge in [0.25, 0.3) is 0 Å². The van der Waals surface area contributed by atoms with Gasteiger partial charge >= 0.3 is 6.03 Å². The quantitative estimate of drug-likeness (QED) is 0.459. The highest BCUT2D eigenvalue weighted by atomic mass is 16.5. The van der Waals surface area contributed by atoms with Crippen LogP contribution in [0.5, 0.6) is 23.0 Å². The molecule has 2 rings (SSSR count). The smallest absolute Gasteiger partial charge is 0.355 e. The van der Waals surface area contributed by atoms with E-state index in [4.69, 9.17) is 18.9 Å². The van der Waals surface area contributed by atoms with Crippen molar-refractivity contribution < 1.29 is 23.7 Å². The van der Waals surface area contributed by atoms with Gasteiger partial charge in [-0.05, 0) is 50.2 Å². The van der Waals surface area contributed by atoms with Crippen molar-refractivity contribution in [3.8, 4) is 23.0 Å². The van der Waals surface area contributed by atoms with Gasteiger partial charge in [-0.1, -0.05) is 0 Å². The number of rotatable bonds is 10. The van der Waals surface area contributed by atoms with Crippen LogP contribution in [0, 0.1) is 0 Å². The lowest BCUT2D eigenvalue weighted by Gasteiger charge is -2.09. The summed E-state index contributed by atoms with van der Waals surface area (Å²) in [6.07, 6.45) is 2.93. The van der Waals surface area contributed by atoms with Crippen LogP contribution in [0.4, 0.5) is 4.79 Å². The molecule has 2 amide bonds. The summed E-state index contributed by atoms with van der Waals surface area (Å²) in [4.78, 5) is 11.9.